The molecule has 0 amide bonds. The highest BCUT2D eigenvalue weighted by atomic mass is 16.4. The first-order chi connectivity index (χ1) is 16.7. The zero-order valence-electron chi connectivity index (χ0n) is 19.5. The molecule has 0 radical (unpaired) electrons. The van der Waals surface area contributed by atoms with Crippen LogP contribution in [0.25, 0.3) is 10.9 Å². The van der Waals surface area contributed by atoms with Crippen molar-refractivity contribution in [2.75, 3.05) is 13.1 Å². The number of unbranched alkanes of at least 4 members (excludes halogenated alkanes) is 1. The van der Waals surface area contributed by atoms with Gasteiger partial charge < -0.3 is 15.0 Å². The summed E-state index contributed by atoms with van der Waals surface area (Å²) in [5, 5.41) is 15.0. The van der Waals surface area contributed by atoms with Gasteiger partial charge in [0, 0.05) is 28.9 Å². The number of para-hydroxylation sites is 1. The number of nitrogens with zero attached hydrogens (tertiary/aromatic N) is 1. The lowest BCUT2D eigenvalue weighted by atomic mass is 9.83. The summed E-state index contributed by atoms with van der Waals surface area (Å²) in [4.78, 5) is 12.8. The van der Waals surface area contributed by atoms with Gasteiger partial charge in [0.15, 0.2) is 0 Å². The molecule has 1 aromatic heterocycles. The maximum atomic E-state index is 12.8. The zero-order chi connectivity index (χ0) is 23.3. The predicted octanol–water partition coefficient (Wildman–Crippen LogP) is 6.30. The lowest BCUT2D eigenvalue weighted by molar-refractivity contribution is 0.0684. The molecule has 5 rings (SSSR count). The standard InChI is InChI=1S/C30H32N2O2/c33-30(34)29-28(27(23-12-3-1-4-13-23)24-14-5-2-6-15-24)25-16-7-8-17-26(25)32(29)20-10-9-11-22-18-19-31-21-22/h1-8,12-17,22,27,31H,9-11,18-21H2,(H,33,34). The minimum absolute atomic E-state index is 0.149. The van der Waals surface area contributed by atoms with Crippen molar-refractivity contribution in [3.63, 3.8) is 0 Å². The molecule has 1 fully saturated rings. The molecule has 1 aliphatic heterocycles. The van der Waals surface area contributed by atoms with Crippen LogP contribution in [0.3, 0.4) is 0 Å². The van der Waals surface area contributed by atoms with Gasteiger partial charge in [0.05, 0.1) is 0 Å². The van der Waals surface area contributed by atoms with Crippen LogP contribution in [0.4, 0.5) is 0 Å². The third kappa shape index (κ3) is 4.51. The Morgan fingerprint density at radius 2 is 1.56 bits per heavy atom. The number of aromatic carboxylic acids is 1. The molecule has 34 heavy (non-hydrogen) atoms. The van der Waals surface area contributed by atoms with Crippen LogP contribution in [0.2, 0.25) is 0 Å². The van der Waals surface area contributed by atoms with Gasteiger partial charge in [-0.3, -0.25) is 0 Å². The lowest BCUT2D eigenvalue weighted by Gasteiger charge is -2.20. The van der Waals surface area contributed by atoms with Gasteiger partial charge in [0.2, 0.25) is 0 Å². The van der Waals surface area contributed by atoms with Crippen LogP contribution in [0.1, 0.15) is 58.8 Å². The van der Waals surface area contributed by atoms with E-state index in [4.69, 9.17) is 0 Å². The van der Waals surface area contributed by atoms with Crippen molar-refractivity contribution in [2.24, 2.45) is 5.92 Å². The minimum Gasteiger partial charge on any atom is -0.477 e. The Bertz CT molecular complexity index is 1200. The molecule has 4 nitrogen and oxygen atoms in total. The molecular weight excluding hydrogens is 420 g/mol. The fourth-order valence-electron chi connectivity index (χ4n) is 5.57. The lowest BCUT2D eigenvalue weighted by Crippen LogP contribution is -2.14. The van der Waals surface area contributed by atoms with Crippen molar-refractivity contribution < 1.29 is 9.90 Å². The minimum atomic E-state index is -0.858. The summed E-state index contributed by atoms with van der Waals surface area (Å²) in [6, 6.07) is 28.7. The Morgan fingerprint density at radius 3 is 2.18 bits per heavy atom. The fraction of sp³-hybridized carbons (Fsp3) is 0.300. The van der Waals surface area contributed by atoms with Crippen molar-refractivity contribution in [1.29, 1.82) is 0 Å². The number of aromatic nitrogens is 1. The molecule has 2 heterocycles. The van der Waals surface area contributed by atoms with E-state index in [-0.39, 0.29) is 5.92 Å². The van der Waals surface area contributed by atoms with Gasteiger partial charge in [-0.1, -0.05) is 85.3 Å². The third-order valence-corrected chi connectivity index (χ3v) is 7.17. The SMILES string of the molecule is O=C(O)c1c(C(c2ccccc2)c2ccccc2)c2ccccc2n1CCCCC1CCNC1. The second-order valence-corrected chi connectivity index (χ2v) is 9.35. The molecule has 1 unspecified atom stereocenters. The van der Waals surface area contributed by atoms with Gasteiger partial charge in [-0.2, -0.15) is 0 Å². The maximum Gasteiger partial charge on any atom is 0.352 e. The summed E-state index contributed by atoms with van der Waals surface area (Å²) in [6.45, 7) is 2.96. The fourth-order valence-corrected chi connectivity index (χ4v) is 5.57. The number of carbonyl (C=O) groups is 1. The Morgan fingerprint density at radius 1 is 0.912 bits per heavy atom. The van der Waals surface area contributed by atoms with Gasteiger partial charge in [0.1, 0.15) is 5.69 Å². The zero-order valence-corrected chi connectivity index (χ0v) is 19.5. The molecule has 0 bridgehead atoms. The van der Waals surface area contributed by atoms with Gasteiger partial charge in [-0.05, 0) is 55.5 Å². The normalized spacial score (nSPS) is 15.9. The van der Waals surface area contributed by atoms with Gasteiger partial charge >= 0.3 is 5.97 Å². The number of benzene rings is 3. The van der Waals surface area contributed by atoms with E-state index in [2.05, 4.69) is 46.3 Å². The van der Waals surface area contributed by atoms with E-state index in [9.17, 15) is 9.90 Å². The number of carboxylic acids is 1. The second kappa shape index (κ2) is 10.3. The van der Waals surface area contributed by atoms with Crippen molar-refractivity contribution in [2.45, 2.75) is 38.1 Å². The quantitative estimate of drug-likeness (QED) is 0.293. The number of aryl methyl sites for hydroxylation is 1. The summed E-state index contributed by atoms with van der Waals surface area (Å²) in [6.07, 6.45) is 4.56. The second-order valence-electron chi connectivity index (χ2n) is 9.35. The Balaban J connectivity index is 1.59. The number of hydrogen-bond acceptors (Lipinski definition) is 2. The summed E-state index contributed by atoms with van der Waals surface area (Å²) >= 11 is 0. The van der Waals surface area contributed by atoms with Gasteiger partial charge in [-0.25, -0.2) is 4.79 Å². The molecule has 174 valence electrons. The van der Waals surface area contributed by atoms with Crippen LogP contribution >= 0.6 is 0 Å². The van der Waals surface area contributed by atoms with Crippen LogP contribution in [0.5, 0.6) is 0 Å². The molecule has 2 N–H and O–H groups in total. The molecular formula is C30H32N2O2. The van der Waals surface area contributed by atoms with E-state index in [0.717, 1.165) is 66.0 Å². The van der Waals surface area contributed by atoms with Crippen LogP contribution in [0, 0.1) is 5.92 Å². The monoisotopic (exact) mass is 452 g/mol. The predicted molar refractivity (Wildman–Crippen MR) is 138 cm³/mol. The first kappa shape index (κ1) is 22.4. The molecule has 4 heteroatoms. The van der Waals surface area contributed by atoms with E-state index in [1.54, 1.807) is 0 Å². The molecule has 0 spiro atoms. The summed E-state index contributed by atoms with van der Waals surface area (Å²) < 4.78 is 2.05. The number of nitrogens with one attached hydrogen (secondary N) is 1. The van der Waals surface area contributed by atoms with Crippen molar-refractivity contribution in [1.82, 2.24) is 9.88 Å². The van der Waals surface area contributed by atoms with Crippen LogP contribution < -0.4 is 5.32 Å². The average molecular weight is 453 g/mol. The first-order valence-electron chi connectivity index (χ1n) is 12.4. The number of hydrogen-bond donors (Lipinski definition) is 2. The van der Waals surface area contributed by atoms with Crippen LogP contribution in [-0.4, -0.2) is 28.7 Å². The van der Waals surface area contributed by atoms with E-state index in [1.165, 1.54) is 12.8 Å². The largest absolute Gasteiger partial charge is 0.477 e. The highest BCUT2D eigenvalue weighted by molar-refractivity contribution is 5.99. The van der Waals surface area contributed by atoms with Crippen molar-refractivity contribution >= 4 is 16.9 Å². The molecule has 0 saturated carbocycles. The summed E-state index contributed by atoms with van der Waals surface area (Å²) in [5.74, 6) is -0.247. The number of fused-ring (bicyclic) bond motifs is 1. The van der Waals surface area contributed by atoms with Gasteiger partial charge in [0.25, 0.3) is 0 Å². The average Bonchev–Trinajstić information content (AvgIpc) is 3.50. The highest BCUT2D eigenvalue weighted by Crippen LogP contribution is 2.40. The topological polar surface area (TPSA) is 54.3 Å². The van der Waals surface area contributed by atoms with E-state index in [1.807, 2.05) is 48.5 Å². The summed E-state index contributed by atoms with van der Waals surface area (Å²) in [7, 11) is 0. The van der Waals surface area contributed by atoms with Crippen molar-refractivity contribution in [3.05, 3.63) is 107 Å². The first-order valence-corrected chi connectivity index (χ1v) is 12.4. The van der Waals surface area contributed by atoms with Crippen molar-refractivity contribution in [3.8, 4) is 0 Å². The maximum absolute atomic E-state index is 12.8. The molecule has 1 aliphatic rings. The molecule has 3 aromatic carbocycles. The highest BCUT2D eigenvalue weighted by Gasteiger charge is 2.29. The van der Waals surface area contributed by atoms with E-state index >= 15 is 0 Å². The molecule has 0 aliphatic carbocycles. The Labute approximate surface area is 201 Å². The number of carboxylic acid groups (broad SMARTS) is 1. The van der Waals surface area contributed by atoms with E-state index < -0.39 is 5.97 Å². The Kier molecular flexibility index (Phi) is 6.77. The Hall–Kier alpha value is -3.37. The van der Waals surface area contributed by atoms with E-state index in [0.29, 0.717) is 5.69 Å². The summed E-state index contributed by atoms with van der Waals surface area (Å²) in [5.41, 5.74) is 4.52. The number of rotatable bonds is 9. The smallest absolute Gasteiger partial charge is 0.352 e. The molecule has 1 atom stereocenters. The molecule has 1 saturated heterocycles. The van der Waals surface area contributed by atoms with Crippen LogP contribution in [-0.2, 0) is 6.54 Å². The molecule has 4 aromatic rings. The van der Waals surface area contributed by atoms with Crippen LogP contribution in [0.15, 0.2) is 84.9 Å². The third-order valence-electron chi connectivity index (χ3n) is 7.17. The van der Waals surface area contributed by atoms with Gasteiger partial charge in [-0.15, -0.1) is 0 Å².